The fourth-order valence-corrected chi connectivity index (χ4v) is 1.42. The molecule has 0 atom stereocenters. The number of nitrogens with zero attached hydrogens (tertiary/aromatic N) is 4. The molecule has 0 unspecified atom stereocenters. The van der Waals surface area contributed by atoms with E-state index in [4.69, 9.17) is 4.74 Å². The van der Waals surface area contributed by atoms with Crippen molar-refractivity contribution < 1.29 is 9.53 Å². The molecular formula is C12H20N4O2. The summed E-state index contributed by atoms with van der Waals surface area (Å²) in [6.07, 6.45) is 0.280. The van der Waals surface area contributed by atoms with Crippen molar-refractivity contribution in [1.29, 1.82) is 0 Å². The van der Waals surface area contributed by atoms with Gasteiger partial charge in [-0.2, -0.15) is 4.98 Å². The van der Waals surface area contributed by atoms with Crippen molar-refractivity contribution in [2.24, 2.45) is 0 Å². The van der Waals surface area contributed by atoms with Crippen molar-refractivity contribution in [3.05, 3.63) is 11.3 Å². The van der Waals surface area contributed by atoms with Gasteiger partial charge in [-0.1, -0.05) is 6.92 Å². The first-order valence-electron chi connectivity index (χ1n) is 5.80. The van der Waals surface area contributed by atoms with Crippen LogP contribution in [0.1, 0.15) is 18.2 Å². The minimum absolute atomic E-state index is 0.340. The van der Waals surface area contributed by atoms with Gasteiger partial charge in [0.05, 0.1) is 0 Å². The molecule has 0 aliphatic carbocycles. The van der Waals surface area contributed by atoms with E-state index in [0.29, 0.717) is 11.8 Å². The van der Waals surface area contributed by atoms with Crippen LogP contribution in [0.2, 0.25) is 0 Å². The van der Waals surface area contributed by atoms with E-state index in [2.05, 4.69) is 9.97 Å². The van der Waals surface area contributed by atoms with Crippen LogP contribution < -0.4 is 9.64 Å². The number of amides is 1. The molecule has 1 amide bonds. The third kappa shape index (κ3) is 3.09. The van der Waals surface area contributed by atoms with Gasteiger partial charge in [-0.15, -0.1) is 0 Å². The van der Waals surface area contributed by atoms with Crippen molar-refractivity contribution in [3.8, 4) is 5.88 Å². The van der Waals surface area contributed by atoms with Crippen LogP contribution in [0.3, 0.4) is 0 Å². The molecule has 6 nitrogen and oxygen atoms in total. The third-order valence-electron chi connectivity index (χ3n) is 2.47. The molecule has 6 heteroatoms. The molecule has 1 aromatic heterocycles. The summed E-state index contributed by atoms with van der Waals surface area (Å²) < 4.78 is 5.28. The Bertz CT molecular complexity index is 444. The first-order valence-corrected chi connectivity index (χ1v) is 5.80. The van der Waals surface area contributed by atoms with Crippen molar-refractivity contribution in [2.75, 3.05) is 33.1 Å². The molecule has 100 valence electrons. The lowest BCUT2D eigenvalue weighted by molar-refractivity contribution is 0.169. The SMILES string of the molecule is CCc1c(C)nc(N(C)C)nc1OC(=O)N(C)C. The maximum absolute atomic E-state index is 11.6. The molecular weight excluding hydrogens is 232 g/mol. The Labute approximate surface area is 108 Å². The van der Waals surface area contributed by atoms with E-state index in [1.807, 2.05) is 27.9 Å². The highest BCUT2D eigenvalue weighted by Gasteiger charge is 2.16. The summed E-state index contributed by atoms with van der Waals surface area (Å²) in [6, 6.07) is 0. The minimum Gasteiger partial charge on any atom is -0.391 e. The molecule has 0 aromatic carbocycles. The molecule has 0 spiro atoms. The van der Waals surface area contributed by atoms with Crippen molar-refractivity contribution >= 4 is 12.0 Å². The Morgan fingerprint density at radius 3 is 2.28 bits per heavy atom. The molecule has 0 fully saturated rings. The van der Waals surface area contributed by atoms with Crippen LogP contribution in [0, 0.1) is 6.92 Å². The standard InChI is InChI=1S/C12H20N4O2/c1-7-9-8(2)13-11(15(3)4)14-10(9)18-12(17)16(5)6/h7H2,1-6H3. The van der Waals surface area contributed by atoms with Gasteiger partial charge in [-0.05, 0) is 13.3 Å². The number of ether oxygens (including phenoxy) is 1. The third-order valence-corrected chi connectivity index (χ3v) is 2.47. The van der Waals surface area contributed by atoms with Gasteiger partial charge in [0, 0.05) is 39.4 Å². The zero-order valence-electron chi connectivity index (χ0n) is 11.8. The van der Waals surface area contributed by atoms with E-state index in [0.717, 1.165) is 17.7 Å². The number of hydrogen-bond donors (Lipinski definition) is 0. The summed E-state index contributed by atoms with van der Waals surface area (Å²) >= 11 is 0. The number of carbonyl (C=O) groups excluding carboxylic acids is 1. The Balaban J connectivity index is 3.18. The Kier molecular flexibility index (Phi) is 4.47. The second-order valence-corrected chi connectivity index (χ2v) is 4.40. The molecule has 1 rings (SSSR count). The molecule has 0 N–H and O–H groups in total. The number of aromatic nitrogens is 2. The van der Waals surface area contributed by atoms with Crippen LogP contribution in [0.25, 0.3) is 0 Å². The van der Waals surface area contributed by atoms with Crippen LogP contribution in [-0.2, 0) is 6.42 Å². The number of hydrogen-bond acceptors (Lipinski definition) is 5. The van der Waals surface area contributed by atoms with Gasteiger partial charge < -0.3 is 14.5 Å². The summed E-state index contributed by atoms with van der Waals surface area (Å²) in [5, 5.41) is 0. The monoisotopic (exact) mass is 252 g/mol. The summed E-state index contributed by atoms with van der Waals surface area (Å²) in [7, 11) is 6.96. The first kappa shape index (κ1) is 14.2. The fraction of sp³-hybridized carbons (Fsp3) is 0.583. The average Bonchev–Trinajstić information content (AvgIpc) is 2.28. The zero-order valence-corrected chi connectivity index (χ0v) is 11.8. The smallest absolute Gasteiger partial charge is 0.391 e. The lowest BCUT2D eigenvalue weighted by Gasteiger charge is -2.17. The zero-order chi connectivity index (χ0) is 13.9. The van der Waals surface area contributed by atoms with Gasteiger partial charge in [0.15, 0.2) is 0 Å². The van der Waals surface area contributed by atoms with Gasteiger partial charge in [0.2, 0.25) is 11.8 Å². The van der Waals surface area contributed by atoms with Gasteiger partial charge in [0.1, 0.15) is 0 Å². The van der Waals surface area contributed by atoms with Crippen LogP contribution in [0.5, 0.6) is 5.88 Å². The maximum Gasteiger partial charge on any atom is 0.416 e. The van der Waals surface area contributed by atoms with Crippen molar-refractivity contribution in [1.82, 2.24) is 14.9 Å². The maximum atomic E-state index is 11.6. The van der Waals surface area contributed by atoms with E-state index in [-0.39, 0.29) is 0 Å². The van der Waals surface area contributed by atoms with Crippen LogP contribution >= 0.6 is 0 Å². The lowest BCUT2D eigenvalue weighted by Crippen LogP contribution is -2.27. The minimum atomic E-state index is -0.437. The number of aryl methyl sites for hydroxylation is 1. The summed E-state index contributed by atoms with van der Waals surface area (Å²) in [5.41, 5.74) is 1.69. The molecule has 0 bridgehead atoms. The second kappa shape index (κ2) is 5.66. The Morgan fingerprint density at radius 2 is 1.83 bits per heavy atom. The van der Waals surface area contributed by atoms with E-state index < -0.39 is 6.09 Å². The molecule has 1 aromatic rings. The van der Waals surface area contributed by atoms with Gasteiger partial charge >= 0.3 is 6.09 Å². The second-order valence-electron chi connectivity index (χ2n) is 4.40. The predicted octanol–water partition coefficient (Wildman–Crippen LogP) is 1.47. The number of rotatable bonds is 3. The van der Waals surface area contributed by atoms with Crippen LogP contribution in [-0.4, -0.2) is 49.2 Å². The number of carbonyl (C=O) groups is 1. The molecule has 18 heavy (non-hydrogen) atoms. The predicted molar refractivity (Wildman–Crippen MR) is 70.2 cm³/mol. The van der Waals surface area contributed by atoms with Crippen molar-refractivity contribution in [3.63, 3.8) is 0 Å². The first-order chi connectivity index (χ1) is 8.36. The van der Waals surface area contributed by atoms with Gasteiger partial charge in [-0.25, -0.2) is 9.78 Å². The topological polar surface area (TPSA) is 58.6 Å². The Morgan fingerprint density at radius 1 is 1.22 bits per heavy atom. The van der Waals surface area contributed by atoms with E-state index in [9.17, 15) is 4.79 Å². The molecule has 0 aliphatic heterocycles. The highest BCUT2D eigenvalue weighted by molar-refractivity contribution is 5.70. The highest BCUT2D eigenvalue weighted by Crippen LogP contribution is 2.22. The molecule has 0 saturated heterocycles. The fourth-order valence-electron chi connectivity index (χ4n) is 1.42. The number of anilines is 1. The largest absolute Gasteiger partial charge is 0.416 e. The lowest BCUT2D eigenvalue weighted by atomic mass is 10.2. The normalized spacial score (nSPS) is 10.1. The molecule has 0 aliphatic rings. The summed E-state index contributed by atoms with van der Waals surface area (Å²) in [6.45, 7) is 3.87. The van der Waals surface area contributed by atoms with Crippen LogP contribution in [0.4, 0.5) is 10.7 Å². The average molecular weight is 252 g/mol. The molecule has 0 saturated carbocycles. The van der Waals surface area contributed by atoms with Gasteiger partial charge in [0.25, 0.3) is 0 Å². The highest BCUT2D eigenvalue weighted by atomic mass is 16.6. The van der Waals surface area contributed by atoms with Crippen molar-refractivity contribution in [2.45, 2.75) is 20.3 Å². The molecule has 0 radical (unpaired) electrons. The summed E-state index contributed by atoms with van der Waals surface area (Å²) in [5.74, 6) is 0.874. The van der Waals surface area contributed by atoms with E-state index >= 15 is 0 Å². The van der Waals surface area contributed by atoms with Crippen LogP contribution in [0.15, 0.2) is 0 Å². The Hall–Kier alpha value is -1.85. The van der Waals surface area contributed by atoms with E-state index in [1.54, 1.807) is 19.0 Å². The van der Waals surface area contributed by atoms with E-state index in [1.165, 1.54) is 4.90 Å². The van der Waals surface area contributed by atoms with Gasteiger partial charge in [-0.3, -0.25) is 0 Å². The quantitative estimate of drug-likeness (QED) is 0.815. The molecule has 1 heterocycles. The summed E-state index contributed by atoms with van der Waals surface area (Å²) in [4.78, 5) is 23.4.